The van der Waals surface area contributed by atoms with Crippen molar-refractivity contribution in [2.24, 2.45) is 0 Å². The molecule has 6 heteroatoms. The minimum atomic E-state index is 0.0425. The van der Waals surface area contributed by atoms with Crippen LogP contribution in [0.2, 0.25) is 0 Å². The van der Waals surface area contributed by atoms with E-state index in [9.17, 15) is 9.59 Å². The molecule has 6 rings (SSSR count). The van der Waals surface area contributed by atoms with E-state index in [1.807, 2.05) is 13.8 Å². The van der Waals surface area contributed by atoms with Gasteiger partial charge in [-0.3, -0.25) is 19.6 Å². The van der Waals surface area contributed by atoms with Gasteiger partial charge < -0.3 is 9.97 Å². The molecule has 8 bridgehead atoms. The van der Waals surface area contributed by atoms with Crippen molar-refractivity contribution in [3.63, 3.8) is 0 Å². The minimum absolute atomic E-state index is 0.0425. The number of fused-ring (bicyclic) bond motifs is 8. The zero-order valence-corrected chi connectivity index (χ0v) is 24.1. The van der Waals surface area contributed by atoms with E-state index in [0.29, 0.717) is 6.42 Å². The van der Waals surface area contributed by atoms with E-state index in [4.69, 9.17) is 9.97 Å². The molecule has 4 atom stereocenters. The van der Waals surface area contributed by atoms with Crippen LogP contribution in [0.15, 0.2) is 18.2 Å². The second-order valence-corrected chi connectivity index (χ2v) is 11.8. The minimum Gasteiger partial charge on any atom is -0.355 e. The number of nitrogens with one attached hydrogen (secondary N) is 2. The number of H-pyrrole nitrogens is 2. The van der Waals surface area contributed by atoms with Crippen LogP contribution >= 0.6 is 0 Å². The number of aromatic amines is 2. The quantitative estimate of drug-likeness (QED) is 0.341. The third-order valence-corrected chi connectivity index (χ3v) is 9.48. The van der Waals surface area contributed by atoms with Gasteiger partial charge in [-0.1, -0.05) is 34.1 Å². The van der Waals surface area contributed by atoms with Gasteiger partial charge in [0, 0.05) is 74.9 Å². The van der Waals surface area contributed by atoms with Crippen LogP contribution in [0.25, 0.3) is 22.1 Å². The number of nitrogens with zero attached hydrogens (tertiary/aromatic N) is 2. The second-order valence-electron chi connectivity index (χ2n) is 11.8. The molecular formula is C33H38N4O2. The number of Topliss-reactive ketones (excluding diaryl/α,β-unsaturated/α-hetero) is 2. The topological polar surface area (TPSA) is 91.5 Å². The van der Waals surface area contributed by atoms with E-state index in [-0.39, 0.29) is 35.2 Å². The Balaban J connectivity index is 1.80. The van der Waals surface area contributed by atoms with Gasteiger partial charge in [0.05, 0.1) is 16.7 Å². The average Bonchev–Trinajstić information content (AvgIpc) is 3.63. The Morgan fingerprint density at radius 1 is 0.897 bits per heavy atom. The molecule has 0 amide bonds. The zero-order valence-electron chi connectivity index (χ0n) is 24.1. The molecule has 3 aromatic heterocycles. The molecule has 6 nitrogen and oxygen atoms in total. The summed E-state index contributed by atoms with van der Waals surface area (Å²) in [5.74, 6) is 1.14. The molecule has 0 fully saturated rings. The van der Waals surface area contributed by atoms with Gasteiger partial charge in [-0.15, -0.1) is 0 Å². The van der Waals surface area contributed by atoms with Crippen molar-refractivity contribution in [2.75, 3.05) is 0 Å². The highest BCUT2D eigenvalue weighted by molar-refractivity contribution is 6.13. The summed E-state index contributed by atoms with van der Waals surface area (Å²) in [4.78, 5) is 43.7. The third-order valence-electron chi connectivity index (χ3n) is 9.48. The molecule has 0 saturated carbocycles. The van der Waals surface area contributed by atoms with Crippen LogP contribution in [0.3, 0.4) is 0 Å². The van der Waals surface area contributed by atoms with E-state index in [0.717, 1.165) is 91.9 Å². The van der Waals surface area contributed by atoms with Gasteiger partial charge in [0.2, 0.25) is 0 Å². The molecule has 2 N–H and O–H groups in total. The van der Waals surface area contributed by atoms with E-state index in [1.54, 1.807) is 6.92 Å². The van der Waals surface area contributed by atoms with E-state index < -0.39 is 0 Å². The summed E-state index contributed by atoms with van der Waals surface area (Å²) in [6, 6.07) is 6.32. The average molecular weight is 523 g/mol. The molecule has 5 heterocycles. The van der Waals surface area contributed by atoms with Crippen LogP contribution in [0, 0.1) is 13.8 Å². The molecule has 0 saturated heterocycles. The highest BCUT2D eigenvalue weighted by atomic mass is 16.1. The SMILES string of the molecule is CCC[C@@H]1c2nc(cc3[nH]c(cc4nc(cc5[nH]c6c2CC(=O)c6c5C)[C@H](CC)[C@H]4C)c(C(C)=O)c3C)[C@H]1C. The van der Waals surface area contributed by atoms with Gasteiger partial charge in [-0.2, -0.15) is 0 Å². The van der Waals surface area contributed by atoms with Crippen LogP contribution in [0.4, 0.5) is 0 Å². The largest absolute Gasteiger partial charge is 0.355 e. The number of hydrogen-bond donors (Lipinski definition) is 2. The molecule has 3 aliphatic rings. The fourth-order valence-electron chi connectivity index (χ4n) is 7.26. The number of carbonyl (C=O) groups excluding carboxylic acids is 2. The molecule has 0 radical (unpaired) electrons. The molecule has 1 aliphatic carbocycles. The summed E-state index contributed by atoms with van der Waals surface area (Å²) in [5.41, 5.74) is 12.2. The van der Waals surface area contributed by atoms with Crippen molar-refractivity contribution in [3.05, 3.63) is 68.8 Å². The van der Waals surface area contributed by atoms with Gasteiger partial charge >= 0.3 is 0 Å². The van der Waals surface area contributed by atoms with Crippen LogP contribution in [-0.2, 0) is 6.42 Å². The molecule has 0 unspecified atom stereocenters. The second kappa shape index (κ2) is 9.29. The zero-order chi connectivity index (χ0) is 27.7. The number of rotatable bonds is 4. The Morgan fingerprint density at radius 3 is 2.23 bits per heavy atom. The third kappa shape index (κ3) is 3.82. The maximum atomic E-state index is 13.4. The molecule has 3 aromatic rings. The van der Waals surface area contributed by atoms with Crippen LogP contribution < -0.4 is 0 Å². The van der Waals surface area contributed by atoms with Crippen molar-refractivity contribution >= 4 is 33.6 Å². The number of carbonyl (C=O) groups is 2. The van der Waals surface area contributed by atoms with E-state index >= 15 is 0 Å². The molecule has 0 aromatic carbocycles. The number of ketones is 2. The lowest BCUT2D eigenvalue weighted by molar-refractivity contribution is 0.0995. The highest BCUT2D eigenvalue weighted by Gasteiger charge is 2.35. The highest BCUT2D eigenvalue weighted by Crippen LogP contribution is 2.45. The Bertz CT molecular complexity index is 1710. The lowest BCUT2D eigenvalue weighted by atomic mass is 9.86. The lowest BCUT2D eigenvalue weighted by Crippen LogP contribution is -2.05. The van der Waals surface area contributed by atoms with Crippen LogP contribution in [0.5, 0.6) is 0 Å². The fourth-order valence-corrected chi connectivity index (χ4v) is 7.26. The summed E-state index contributed by atoms with van der Waals surface area (Å²) >= 11 is 0. The maximum Gasteiger partial charge on any atom is 0.169 e. The maximum absolute atomic E-state index is 13.4. The molecule has 39 heavy (non-hydrogen) atoms. The fraction of sp³-hybridized carbons (Fsp3) is 0.455. The lowest BCUT2D eigenvalue weighted by Gasteiger charge is -2.16. The first-order valence-electron chi connectivity index (χ1n) is 14.4. The Morgan fingerprint density at radius 2 is 1.54 bits per heavy atom. The van der Waals surface area contributed by atoms with Crippen molar-refractivity contribution in [3.8, 4) is 0 Å². The summed E-state index contributed by atoms with van der Waals surface area (Å²) in [7, 11) is 0. The summed E-state index contributed by atoms with van der Waals surface area (Å²) < 4.78 is 0. The normalized spacial score (nSPS) is 22.1. The predicted octanol–water partition coefficient (Wildman–Crippen LogP) is 7.86. The first kappa shape index (κ1) is 25.7. The summed E-state index contributed by atoms with van der Waals surface area (Å²) in [6.45, 7) is 14.5. The van der Waals surface area contributed by atoms with Crippen molar-refractivity contribution < 1.29 is 9.59 Å². The molecule has 202 valence electrons. The van der Waals surface area contributed by atoms with Gasteiger partial charge in [0.1, 0.15) is 0 Å². The first-order valence-corrected chi connectivity index (χ1v) is 14.4. The summed E-state index contributed by atoms with van der Waals surface area (Å²) in [5, 5.41) is 0. The van der Waals surface area contributed by atoms with Crippen LogP contribution in [-0.4, -0.2) is 31.5 Å². The van der Waals surface area contributed by atoms with Crippen molar-refractivity contribution in [2.45, 2.75) is 97.8 Å². The predicted molar refractivity (Wildman–Crippen MR) is 156 cm³/mol. The van der Waals surface area contributed by atoms with E-state index in [2.05, 4.69) is 55.9 Å². The van der Waals surface area contributed by atoms with Gasteiger partial charge in [0.15, 0.2) is 11.6 Å². The first-order chi connectivity index (χ1) is 18.6. The van der Waals surface area contributed by atoms with Gasteiger partial charge in [-0.25, -0.2) is 0 Å². The van der Waals surface area contributed by atoms with Crippen molar-refractivity contribution in [1.82, 2.24) is 19.9 Å². The Hall–Kier alpha value is -3.54. The number of aryl methyl sites for hydroxylation is 2. The van der Waals surface area contributed by atoms with Gasteiger partial charge in [0.25, 0.3) is 0 Å². The molecule has 0 spiro atoms. The standard InChI is InChI=1S/C33H38N4O2/c1-8-10-21-16(4)24-12-25-17(5)30(19(7)38)28(35-25)14-23-15(3)20(9-2)27(34-23)13-26-18(6)31-29(39)11-22(32(21)36-24)33(31)37-26/h12-16,20-21,35,37H,8-11H2,1-7H3/t15-,16+,20-,21+/m1/s1. The number of aromatic nitrogens is 4. The van der Waals surface area contributed by atoms with Crippen LogP contribution in [0.1, 0.15) is 138 Å². The Kier molecular flexibility index (Phi) is 6.12. The smallest absolute Gasteiger partial charge is 0.169 e. The molecule has 2 aliphatic heterocycles. The monoisotopic (exact) mass is 522 g/mol. The Labute approximate surface area is 229 Å². The van der Waals surface area contributed by atoms with Crippen molar-refractivity contribution in [1.29, 1.82) is 0 Å². The van der Waals surface area contributed by atoms with E-state index in [1.165, 1.54) is 0 Å². The van der Waals surface area contributed by atoms with Gasteiger partial charge in [-0.05, 0) is 62.9 Å². The summed E-state index contributed by atoms with van der Waals surface area (Å²) in [6.07, 6.45) is 3.40. The number of hydrogen-bond acceptors (Lipinski definition) is 4. The molecular weight excluding hydrogens is 484 g/mol.